The van der Waals surface area contributed by atoms with Gasteiger partial charge in [0.15, 0.2) is 5.12 Å². The van der Waals surface area contributed by atoms with E-state index in [0.717, 1.165) is 46.6 Å². The molecule has 0 bridgehead atoms. The first-order valence-corrected chi connectivity index (χ1v) is 10.4. The van der Waals surface area contributed by atoms with Crippen molar-refractivity contribution in [2.75, 3.05) is 24.3 Å². The smallest absolute Gasteiger partial charge is 0.325 e. The molecule has 0 heterocycles. The normalized spacial score (nSPS) is 10.5. The molecule has 26 heavy (non-hydrogen) atoms. The number of rotatable bonds is 9. The Morgan fingerprint density at radius 2 is 1.88 bits per heavy atom. The number of benzene rings is 1. The summed E-state index contributed by atoms with van der Waals surface area (Å²) in [6, 6.07) is 3.79. The molecule has 0 fully saturated rings. The van der Waals surface area contributed by atoms with Crippen molar-refractivity contribution in [3.05, 3.63) is 27.7 Å². The minimum atomic E-state index is -0.503. The maximum Gasteiger partial charge on any atom is 0.325 e. The molecule has 1 aromatic carbocycles. The number of thioether (sulfide) groups is 1. The molecule has 0 aromatic heterocycles. The summed E-state index contributed by atoms with van der Waals surface area (Å²) in [5.74, 6) is -0.780. The molecule has 1 amide bonds. The Balaban J connectivity index is 2.94. The van der Waals surface area contributed by atoms with Crippen molar-refractivity contribution in [1.82, 2.24) is 0 Å². The summed E-state index contributed by atoms with van der Waals surface area (Å²) in [6.07, 6.45) is 3.36. The Morgan fingerprint density at radius 3 is 2.50 bits per heavy atom. The van der Waals surface area contributed by atoms with Crippen LogP contribution in [0, 0.1) is 13.8 Å². The zero-order valence-electron chi connectivity index (χ0n) is 15.8. The third-order valence-corrected chi connectivity index (χ3v) is 5.77. The topological polar surface area (TPSA) is 63.7 Å². The highest BCUT2D eigenvalue weighted by Crippen LogP contribution is 2.31. The van der Waals surface area contributed by atoms with Gasteiger partial charge in [-0.2, -0.15) is 0 Å². The lowest BCUT2D eigenvalue weighted by Crippen LogP contribution is -2.38. The molecule has 0 spiro atoms. The number of methoxy groups -OCH3 is 1. The van der Waals surface area contributed by atoms with Crippen LogP contribution in [0.2, 0.25) is 0 Å². The molecule has 1 aromatic rings. The minimum Gasteiger partial charge on any atom is -0.468 e. The minimum absolute atomic E-state index is 0.00695. The predicted octanol–water partition coefficient (Wildman–Crippen LogP) is 4.41. The fourth-order valence-electron chi connectivity index (χ4n) is 2.52. The predicted molar refractivity (Wildman–Crippen MR) is 110 cm³/mol. The van der Waals surface area contributed by atoms with Gasteiger partial charge in [-0.3, -0.25) is 19.3 Å². The van der Waals surface area contributed by atoms with E-state index in [2.05, 4.69) is 22.9 Å². The molecule has 1 rings (SSSR count). The zero-order valence-corrected chi connectivity index (χ0v) is 18.2. The third kappa shape index (κ3) is 6.76. The number of aryl methyl sites for hydroxylation is 1. The van der Waals surface area contributed by atoms with E-state index in [9.17, 15) is 14.4 Å². The number of anilines is 1. The van der Waals surface area contributed by atoms with Crippen LogP contribution < -0.4 is 4.90 Å². The van der Waals surface area contributed by atoms with Crippen molar-refractivity contribution in [3.8, 4) is 0 Å². The second-order valence-corrected chi connectivity index (χ2v) is 7.90. The highest BCUT2D eigenvalue weighted by atomic mass is 79.9. The van der Waals surface area contributed by atoms with E-state index in [1.54, 1.807) is 0 Å². The first-order chi connectivity index (χ1) is 12.3. The van der Waals surface area contributed by atoms with Crippen molar-refractivity contribution >= 4 is 50.4 Å². The Morgan fingerprint density at radius 1 is 1.19 bits per heavy atom. The molecule has 7 heteroatoms. The van der Waals surface area contributed by atoms with Crippen LogP contribution in [0.5, 0.6) is 0 Å². The van der Waals surface area contributed by atoms with E-state index in [1.165, 1.54) is 12.0 Å². The second kappa shape index (κ2) is 11.4. The van der Waals surface area contributed by atoms with Gasteiger partial charge in [-0.15, -0.1) is 0 Å². The molecule has 0 radical (unpaired) electrons. The quantitative estimate of drug-likeness (QED) is 0.417. The maximum atomic E-state index is 12.8. The largest absolute Gasteiger partial charge is 0.468 e. The highest BCUT2D eigenvalue weighted by molar-refractivity contribution is 9.10. The lowest BCUT2D eigenvalue weighted by molar-refractivity contribution is -0.139. The number of amides is 1. The molecule has 0 unspecified atom stereocenters. The average Bonchev–Trinajstić information content (AvgIpc) is 2.62. The van der Waals surface area contributed by atoms with Gasteiger partial charge in [-0.1, -0.05) is 53.5 Å². The first kappa shape index (κ1) is 22.7. The van der Waals surface area contributed by atoms with Crippen LogP contribution in [0.1, 0.15) is 43.7 Å². The first-order valence-electron chi connectivity index (χ1n) is 8.60. The van der Waals surface area contributed by atoms with Gasteiger partial charge < -0.3 is 4.74 Å². The number of unbranched alkanes of at least 4 members (excludes halogenated alkanes) is 2. The molecule has 0 aliphatic rings. The van der Waals surface area contributed by atoms with Crippen LogP contribution in [-0.4, -0.2) is 36.4 Å². The summed E-state index contributed by atoms with van der Waals surface area (Å²) in [6.45, 7) is 5.66. The fourth-order valence-corrected chi connectivity index (χ4v) is 3.57. The molecular formula is C19H26BrNO4S. The number of carbonyl (C=O) groups excluding carboxylic acids is 3. The van der Waals surface area contributed by atoms with Crippen molar-refractivity contribution in [1.29, 1.82) is 0 Å². The summed E-state index contributed by atoms with van der Waals surface area (Å²) in [7, 11) is 1.29. The van der Waals surface area contributed by atoms with Gasteiger partial charge in [0, 0.05) is 10.9 Å². The van der Waals surface area contributed by atoms with E-state index in [4.69, 9.17) is 4.74 Å². The van der Waals surface area contributed by atoms with Crippen LogP contribution in [0.25, 0.3) is 0 Å². The van der Waals surface area contributed by atoms with Crippen LogP contribution in [0.4, 0.5) is 5.69 Å². The highest BCUT2D eigenvalue weighted by Gasteiger charge is 2.24. The average molecular weight is 444 g/mol. The summed E-state index contributed by atoms with van der Waals surface area (Å²) >= 11 is 4.48. The molecule has 0 aliphatic heterocycles. The monoisotopic (exact) mass is 443 g/mol. The van der Waals surface area contributed by atoms with Crippen molar-refractivity contribution in [3.63, 3.8) is 0 Å². The number of halogens is 1. The van der Waals surface area contributed by atoms with E-state index in [-0.39, 0.29) is 23.3 Å². The Hall–Kier alpha value is -1.34. The zero-order chi connectivity index (χ0) is 19.7. The van der Waals surface area contributed by atoms with Crippen LogP contribution in [0.3, 0.4) is 0 Å². The summed E-state index contributed by atoms with van der Waals surface area (Å²) in [5.41, 5.74) is 2.41. The SMILES string of the molecule is CCCCCC(=O)SCC(=O)N(CC(=O)OC)c1c(C)ccc(Br)c1C. The Labute approximate surface area is 168 Å². The Bertz CT molecular complexity index is 663. The van der Waals surface area contributed by atoms with Gasteiger partial charge in [0.1, 0.15) is 6.54 Å². The van der Waals surface area contributed by atoms with Crippen molar-refractivity contribution < 1.29 is 19.1 Å². The fraction of sp³-hybridized carbons (Fsp3) is 0.526. The summed E-state index contributed by atoms with van der Waals surface area (Å²) in [4.78, 5) is 37.9. The summed E-state index contributed by atoms with van der Waals surface area (Å²) in [5, 5.41) is 0.00695. The summed E-state index contributed by atoms with van der Waals surface area (Å²) < 4.78 is 5.59. The lowest BCUT2D eigenvalue weighted by atomic mass is 10.1. The number of carbonyl (C=O) groups is 3. The molecule has 144 valence electrons. The maximum absolute atomic E-state index is 12.8. The van der Waals surface area contributed by atoms with Gasteiger partial charge in [-0.05, 0) is 37.5 Å². The van der Waals surface area contributed by atoms with Gasteiger partial charge in [-0.25, -0.2) is 0 Å². The van der Waals surface area contributed by atoms with Crippen molar-refractivity contribution in [2.24, 2.45) is 0 Å². The molecule has 0 atom stereocenters. The number of hydrogen-bond acceptors (Lipinski definition) is 5. The second-order valence-electron chi connectivity index (χ2n) is 6.01. The van der Waals surface area contributed by atoms with E-state index >= 15 is 0 Å². The number of esters is 1. The van der Waals surface area contributed by atoms with Crippen LogP contribution >= 0.6 is 27.7 Å². The van der Waals surface area contributed by atoms with E-state index < -0.39 is 5.97 Å². The molecule has 0 N–H and O–H groups in total. The van der Waals surface area contributed by atoms with Crippen molar-refractivity contribution in [2.45, 2.75) is 46.5 Å². The number of hydrogen-bond donors (Lipinski definition) is 0. The van der Waals surface area contributed by atoms with Gasteiger partial charge in [0.2, 0.25) is 5.91 Å². The van der Waals surface area contributed by atoms with Gasteiger partial charge in [0.25, 0.3) is 0 Å². The third-order valence-electron chi connectivity index (χ3n) is 3.99. The van der Waals surface area contributed by atoms with Gasteiger partial charge >= 0.3 is 5.97 Å². The molecule has 5 nitrogen and oxygen atoms in total. The van der Waals surface area contributed by atoms with Gasteiger partial charge in [0.05, 0.1) is 18.6 Å². The Kier molecular flexibility index (Phi) is 9.94. The molecular weight excluding hydrogens is 418 g/mol. The lowest BCUT2D eigenvalue weighted by Gasteiger charge is -2.25. The van der Waals surface area contributed by atoms with E-state index in [1.807, 2.05) is 26.0 Å². The number of ether oxygens (including phenoxy) is 1. The molecule has 0 aliphatic carbocycles. The number of nitrogens with zero attached hydrogens (tertiary/aromatic N) is 1. The molecule has 0 saturated heterocycles. The molecule has 0 saturated carbocycles. The standard InChI is InChI=1S/C19H26BrNO4S/c1-5-6-7-8-18(24)26-12-16(22)21(11-17(23)25-4)19-13(2)9-10-15(20)14(19)3/h9-10H,5-8,11-12H2,1-4H3. The van der Waals surface area contributed by atoms with Crippen LogP contribution in [0.15, 0.2) is 16.6 Å². The van der Waals surface area contributed by atoms with E-state index in [0.29, 0.717) is 12.1 Å². The van der Waals surface area contributed by atoms with Crippen LogP contribution in [-0.2, 0) is 19.1 Å².